The molecule has 194 valence electrons. The number of nitrogens with zero attached hydrogens (tertiary/aromatic N) is 5. The summed E-state index contributed by atoms with van der Waals surface area (Å²) in [6, 6.07) is 4.67. The average Bonchev–Trinajstić information content (AvgIpc) is 2.83. The maximum atomic E-state index is 14.1. The van der Waals surface area contributed by atoms with E-state index in [1.165, 1.54) is 22.9 Å². The summed E-state index contributed by atoms with van der Waals surface area (Å²) in [6.45, 7) is 12.4. The van der Waals surface area contributed by atoms with Crippen LogP contribution in [0.1, 0.15) is 49.2 Å². The zero-order valence-electron chi connectivity index (χ0n) is 21.4. The molecule has 1 N–H and O–H groups in total. The van der Waals surface area contributed by atoms with Gasteiger partial charge in [-0.05, 0) is 64.0 Å². The highest BCUT2D eigenvalue weighted by atomic mass is 35.5. The summed E-state index contributed by atoms with van der Waals surface area (Å²) in [7, 11) is 0. The number of halogens is 2. The van der Waals surface area contributed by atoms with Gasteiger partial charge < -0.3 is 9.84 Å². The number of allylic oxidation sites excluding steroid dienone is 3. The molecular weight excluding hydrogens is 497 g/mol. The van der Waals surface area contributed by atoms with E-state index in [1.54, 1.807) is 59.2 Å². The molecule has 3 rings (SSSR count). The number of aliphatic hydroxyl groups is 1. The fourth-order valence-corrected chi connectivity index (χ4v) is 3.64. The number of aliphatic imine (C=N–C) groups is 1. The smallest absolute Gasteiger partial charge is 0.277 e. The van der Waals surface area contributed by atoms with Crippen LogP contribution in [0.5, 0.6) is 5.75 Å². The lowest BCUT2D eigenvalue weighted by Gasteiger charge is -2.16. The van der Waals surface area contributed by atoms with Crippen LogP contribution in [0.3, 0.4) is 0 Å². The zero-order chi connectivity index (χ0) is 27.3. The summed E-state index contributed by atoms with van der Waals surface area (Å²) in [5.41, 5.74) is 1.45. The van der Waals surface area contributed by atoms with Crippen molar-refractivity contribution in [2.24, 2.45) is 4.99 Å². The molecule has 3 aromatic rings. The van der Waals surface area contributed by atoms with E-state index < -0.39 is 17.0 Å². The third-order valence-electron chi connectivity index (χ3n) is 5.36. The van der Waals surface area contributed by atoms with Crippen molar-refractivity contribution in [3.05, 3.63) is 98.5 Å². The summed E-state index contributed by atoms with van der Waals surface area (Å²) in [4.78, 5) is 30.0. The van der Waals surface area contributed by atoms with Crippen molar-refractivity contribution in [1.82, 2.24) is 19.5 Å². The molecule has 3 aromatic heterocycles. The molecule has 0 aliphatic heterocycles. The van der Waals surface area contributed by atoms with Gasteiger partial charge in [-0.2, -0.15) is 0 Å². The second-order valence-corrected chi connectivity index (χ2v) is 9.39. The lowest BCUT2D eigenvalue weighted by atomic mass is 10.1. The van der Waals surface area contributed by atoms with E-state index in [9.17, 15) is 14.3 Å². The number of pyridine rings is 2. The SMILES string of the molecule is C=C/C(=C(C)\C=N/Cc1ccnc(C(C)(C)O)n1)n1c(C)cc(OCc2ncc(C)cc2F)c(Cl)c1=O. The number of aryl methyl sites for hydroxylation is 2. The minimum Gasteiger partial charge on any atom is -0.485 e. The predicted octanol–water partition coefficient (Wildman–Crippen LogP) is 4.94. The standard InChI is InChI=1S/C27H29ClFN5O3/c1-7-22(17(3)13-30-14-19-8-9-31-26(33-19)27(5,6)36)34-18(4)11-23(24(28)25(34)35)37-15-21-20(29)10-16(2)12-32-21/h7-13,36H,1,14-15H2,2-6H3/b22-17+,30-13-. The average molecular weight is 526 g/mol. The van der Waals surface area contributed by atoms with Crippen molar-refractivity contribution in [2.45, 2.75) is 53.4 Å². The Morgan fingerprint density at radius 3 is 2.70 bits per heavy atom. The lowest BCUT2D eigenvalue weighted by molar-refractivity contribution is 0.0684. The molecule has 10 heteroatoms. The third kappa shape index (κ3) is 6.75. The Hall–Kier alpha value is -3.69. The van der Waals surface area contributed by atoms with Crippen LogP contribution in [0.4, 0.5) is 4.39 Å². The van der Waals surface area contributed by atoms with Gasteiger partial charge in [0.25, 0.3) is 5.56 Å². The van der Waals surface area contributed by atoms with Crippen molar-refractivity contribution in [3.63, 3.8) is 0 Å². The van der Waals surface area contributed by atoms with Gasteiger partial charge in [-0.25, -0.2) is 14.4 Å². The molecule has 0 aromatic carbocycles. The Kier molecular flexibility index (Phi) is 8.73. The maximum absolute atomic E-state index is 14.1. The normalized spacial score (nSPS) is 12.5. The Labute approximate surface area is 219 Å². The minimum absolute atomic E-state index is 0.112. The Morgan fingerprint density at radius 2 is 2.05 bits per heavy atom. The summed E-state index contributed by atoms with van der Waals surface area (Å²) in [6.07, 6.45) is 6.25. The number of ether oxygens (including phenoxy) is 1. The van der Waals surface area contributed by atoms with Crippen LogP contribution in [-0.4, -0.2) is 30.8 Å². The number of hydrogen-bond donors (Lipinski definition) is 1. The molecule has 0 aliphatic rings. The fourth-order valence-electron chi connectivity index (χ4n) is 3.45. The van der Waals surface area contributed by atoms with Gasteiger partial charge in [0.1, 0.15) is 34.5 Å². The number of hydrogen-bond acceptors (Lipinski definition) is 7. The largest absolute Gasteiger partial charge is 0.485 e. The van der Waals surface area contributed by atoms with E-state index in [1.807, 2.05) is 0 Å². The van der Waals surface area contributed by atoms with Crippen LogP contribution in [-0.2, 0) is 18.8 Å². The highest BCUT2D eigenvalue weighted by Gasteiger charge is 2.19. The molecule has 0 saturated carbocycles. The second kappa shape index (κ2) is 11.6. The molecule has 0 radical (unpaired) electrons. The third-order valence-corrected chi connectivity index (χ3v) is 5.70. The topological polar surface area (TPSA) is 102 Å². The quantitative estimate of drug-likeness (QED) is 0.313. The first kappa shape index (κ1) is 27.9. The number of rotatable bonds is 9. The Morgan fingerprint density at radius 1 is 1.32 bits per heavy atom. The molecule has 0 fully saturated rings. The van der Waals surface area contributed by atoms with Crippen molar-refractivity contribution in [2.75, 3.05) is 0 Å². The van der Waals surface area contributed by atoms with E-state index in [0.717, 1.165) is 0 Å². The zero-order valence-corrected chi connectivity index (χ0v) is 22.2. The molecule has 0 aliphatic carbocycles. The molecule has 0 bridgehead atoms. The van der Waals surface area contributed by atoms with E-state index in [0.29, 0.717) is 34.0 Å². The Bertz CT molecular complexity index is 1440. The van der Waals surface area contributed by atoms with E-state index in [-0.39, 0.29) is 29.6 Å². The summed E-state index contributed by atoms with van der Waals surface area (Å²) in [5, 5.41) is 9.96. The minimum atomic E-state index is -1.16. The first-order chi connectivity index (χ1) is 17.4. The summed E-state index contributed by atoms with van der Waals surface area (Å²) >= 11 is 6.35. The molecule has 0 atom stereocenters. The van der Waals surface area contributed by atoms with Crippen molar-refractivity contribution < 1.29 is 14.2 Å². The van der Waals surface area contributed by atoms with Gasteiger partial charge in [-0.3, -0.25) is 19.3 Å². The second-order valence-electron chi connectivity index (χ2n) is 9.01. The van der Waals surface area contributed by atoms with E-state index >= 15 is 0 Å². The first-order valence-corrected chi connectivity index (χ1v) is 11.8. The number of aromatic nitrogens is 4. The molecular formula is C27H29ClFN5O3. The molecule has 0 saturated heterocycles. The summed E-state index contributed by atoms with van der Waals surface area (Å²) < 4.78 is 21.2. The highest BCUT2D eigenvalue weighted by molar-refractivity contribution is 6.31. The van der Waals surface area contributed by atoms with Crippen molar-refractivity contribution >= 4 is 23.5 Å². The molecule has 37 heavy (non-hydrogen) atoms. The van der Waals surface area contributed by atoms with Crippen LogP contribution in [0.15, 0.2) is 58.6 Å². The molecule has 0 unspecified atom stereocenters. The van der Waals surface area contributed by atoms with Crippen molar-refractivity contribution in [1.29, 1.82) is 0 Å². The maximum Gasteiger partial charge on any atom is 0.277 e. The van der Waals surface area contributed by atoms with Gasteiger partial charge in [0, 0.05) is 30.4 Å². The van der Waals surface area contributed by atoms with Gasteiger partial charge >= 0.3 is 0 Å². The van der Waals surface area contributed by atoms with Gasteiger partial charge in [0.15, 0.2) is 5.82 Å². The monoisotopic (exact) mass is 525 g/mol. The first-order valence-electron chi connectivity index (χ1n) is 11.5. The van der Waals surface area contributed by atoms with Gasteiger partial charge in [-0.15, -0.1) is 0 Å². The molecule has 0 amide bonds. The van der Waals surface area contributed by atoms with Crippen LogP contribution in [0, 0.1) is 19.7 Å². The van der Waals surface area contributed by atoms with E-state index in [4.69, 9.17) is 16.3 Å². The van der Waals surface area contributed by atoms with Gasteiger partial charge in [0.05, 0.1) is 17.9 Å². The van der Waals surface area contributed by atoms with E-state index in [2.05, 4.69) is 26.5 Å². The van der Waals surface area contributed by atoms with Crippen LogP contribution >= 0.6 is 11.6 Å². The van der Waals surface area contributed by atoms with Crippen LogP contribution < -0.4 is 10.3 Å². The lowest BCUT2D eigenvalue weighted by Crippen LogP contribution is -2.23. The van der Waals surface area contributed by atoms with Crippen molar-refractivity contribution in [3.8, 4) is 5.75 Å². The highest BCUT2D eigenvalue weighted by Crippen LogP contribution is 2.25. The van der Waals surface area contributed by atoms with Gasteiger partial charge in [-0.1, -0.05) is 18.2 Å². The van der Waals surface area contributed by atoms with Crippen LogP contribution in [0.2, 0.25) is 5.02 Å². The predicted molar refractivity (Wildman–Crippen MR) is 142 cm³/mol. The molecule has 8 nitrogen and oxygen atoms in total. The van der Waals surface area contributed by atoms with Crippen LogP contribution in [0.25, 0.3) is 5.70 Å². The Balaban J connectivity index is 1.85. The fraction of sp³-hybridized carbons (Fsp3) is 0.296. The van der Waals surface area contributed by atoms with Gasteiger partial charge in [0.2, 0.25) is 0 Å². The molecule has 3 heterocycles. The summed E-state index contributed by atoms with van der Waals surface area (Å²) in [5.74, 6) is -0.0613. The molecule has 0 spiro atoms.